The van der Waals surface area contributed by atoms with Gasteiger partial charge < -0.3 is 14.6 Å². The highest BCUT2D eigenvalue weighted by Gasteiger charge is 2.48. The van der Waals surface area contributed by atoms with Crippen molar-refractivity contribution in [3.8, 4) is 11.5 Å². The number of aliphatic hydroxyl groups is 1. The molecule has 6 rings (SSSR count). The number of ketones is 1. The molecular formula is C31H26N2O5S. The SMILES string of the molecule is C=CCOc1ccc([C@@H]2C(=C(O)c3ccc4c(c3)C[C@H](C)O4)C(=O)C(=O)N2c2nc3ccc(C)cc3s2)cc1. The summed E-state index contributed by atoms with van der Waals surface area (Å²) in [5.41, 5.74) is 3.88. The van der Waals surface area contributed by atoms with E-state index in [-0.39, 0.29) is 17.4 Å². The van der Waals surface area contributed by atoms with Gasteiger partial charge in [-0.1, -0.05) is 42.2 Å². The summed E-state index contributed by atoms with van der Waals surface area (Å²) in [4.78, 5) is 33.2. The Morgan fingerprint density at radius 3 is 2.74 bits per heavy atom. The minimum atomic E-state index is -0.872. The van der Waals surface area contributed by atoms with Gasteiger partial charge in [0.15, 0.2) is 5.13 Å². The van der Waals surface area contributed by atoms with Crippen LogP contribution in [0.25, 0.3) is 16.0 Å². The number of carbonyl (C=O) groups excluding carboxylic acids is 2. The fourth-order valence-electron chi connectivity index (χ4n) is 5.09. The highest BCUT2D eigenvalue weighted by molar-refractivity contribution is 7.22. The van der Waals surface area contributed by atoms with Crippen molar-refractivity contribution in [2.45, 2.75) is 32.4 Å². The molecule has 0 aliphatic carbocycles. The summed E-state index contributed by atoms with van der Waals surface area (Å²) in [5, 5.41) is 11.9. The molecule has 39 heavy (non-hydrogen) atoms. The van der Waals surface area contributed by atoms with Gasteiger partial charge in [0.05, 0.1) is 21.8 Å². The Kier molecular flexibility index (Phi) is 6.19. The van der Waals surface area contributed by atoms with Crippen LogP contribution in [0.3, 0.4) is 0 Å². The number of aromatic nitrogens is 1. The molecule has 0 bridgehead atoms. The third-order valence-electron chi connectivity index (χ3n) is 6.92. The van der Waals surface area contributed by atoms with E-state index in [2.05, 4.69) is 6.58 Å². The Bertz CT molecular complexity index is 1670. The number of aliphatic hydroxyl groups excluding tert-OH is 1. The Morgan fingerprint density at radius 2 is 1.97 bits per heavy atom. The summed E-state index contributed by atoms with van der Waals surface area (Å²) in [6.45, 7) is 7.99. The number of anilines is 1. The molecule has 8 heteroatoms. The van der Waals surface area contributed by atoms with E-state index in [4.69, 9.17) is 14.5 Å². The highest BCUT2D eigenvalue weighted by atomic mass is 32.1. The molecule has 3 heterocycles. The number of hydrogen-bond donors (Lipinski definition) is 1. The molecule has 2 atom stereocenters. The molecule has 4 aromatic rings. The third-order valence-corrected chi connectivity index (χ3v) is 7.93. The van der Waals surface area contributed by atoms with Crippen molar-refractivity contribution >= 4 is 44.1 Å². The predicted molar refractivity (Wildman–Crippen MR) is 152 cm³/mol. The normalized spacial score (nSPS) is 19.8. The second-order valence-electron chi connectivity index (χ2n) is 9.76. The molecule has 0 saturated carbocycles. The Balaban J connectivity index is 1.50. The van der Waals surface area contributed by atoms with Crippen LogP contribution < -0.4 is 14.4 Å². The number of amides is 1. The zero-order chi connectivity index (χ0) is 27.3. The summed E-state index contributed by atoms with van der Waals surface area (Å²) in [6, 6.07) is 17.5. The average molecular weight is 539 g/mol. The minimum Gasteiger partial charge on any atom is -0.507 e. The van der Waals surface area contributed by atoms with Gasteiger partial charge in [0, 0.05) is 12.0 Å². The zero-order valence-corrected chi connectivity index (χ0v) is 22.3. The Labute approximate surface area is 229 Å². The Hall–Kier alpha value is -4.43. The van der Waals surface area contributed by atoms with Crippen molar-refractivity contribution in [2.75, 3.05) is 11.5 Å². The predicted octanol–water partition coefficient (Wildman–Crippen LogP) is 6.12. The van der Waals surface area contributed by atoms with Crippen molar-refractivity contribution in [1.29, 1.82) is 0 Å². The molecule has 7 nitrogen and oxygen atoms in total. The first-order valence-corrected chi connectivity index (χ1v) is 13.5. The van der Waals surface area contributed by atoms with Crippen molar-refractivity contribution < 1.29 is 24.2 Å². The van der Waals surface area contributed by atoms with Crippen LogP contribution in [-0.4, -0.2) is 34.5 Å². The van der Waals surface area contributed by atoms with Crippen LogP contribution in [0.2, 0.25) is 0 Å². The number of benzene rings is 3. The van der Waals surface area contributed by atoms with Gasteiger partial charge in [-0.05, 0) is 73.0 Å². The van der Waals surface area contributed by atoms with Gasteiger partial charge in [0.25, 0.3) is 5.78 Å². The molecule has 0 radical (unpaired) electrons. The fraction of sp³-hybridized carbons (Fsp3) is 0.194. The monoisotopic (exact) mass is 538 g/mol. The smallest absolute Gasteiger partial charge is 0.301 e. The lowest BCUT2D eigenvalue weighted by Gasteiger charge is -2.23. The second-order valence-corrected chi connectivity index (χ2v) is 10.8. The summed E-state index contributed by atoms with van der Waals surface area (Å²) in [6.07, 6.45) is 2.39. The molecular weight excluding hydrogens is 512 g/mol. The maximum atomic E-state index is 13.6. The van der Waals surface area contributed by atoms with E-state index in [1.807, 2.05) is 38.1 Å². The lowest BCUT2D eigenvalue weighted by Crippen LogP contribution is -2.29. The first kappa shape index (κ1) is 24.9. The molecule has 196 valence electrons. The second kappa shape index (κ2) is 9.71. The number of carbonyl (C=O) groups is 2. The maximum absolute atomic E-state index is 13.6. The van der Waals surface area contributed by atoms with Crippen molar-refractivity contribution in [2.24, 2.45) is 0 Å². The van der Waals surface area contributed by atoms with Crippen molar-refractivity contribution in [3.05, 3.63) is 101 Å². The highest BCUT2D eigenvalue weighted by Crippen LogP contribution is 2.45. The number of nitrogens with zero attached hydrogens (tertiary/aromatic N) is 2. The lowest BCUT2D eigenvalue weighted by molar-refractivity contribution is -0.132. The van der Waals surface area contributed by atoms with E-state index in [9.17, 15) is 14.7 Å². The van der Waals surface area contributed by atoms with Crippen LogP contribution in [0.5, 0.6) is 11.5 Å². The van der Waals surface area contributed by atoms with Crippen LogP contribution in [0, 0.1) is 6.92 Å². The van der Waals surface area contributed by atoms with E-state index in [0.717, 1.165) is 27.1 Å². The molecule has 2 aliphatic heterocycles. The van der Waals surface area contributed by atoms with E-state index >= 15 is 0 Å². The maximum Gasteiger partial charge on any atom is 0.301 e. The van der Waals surface area contributed by atoms with Crippen molar-refractivity contribution in [3.63, 3.8) is 0 Å². The third kappa shape index (κ3) is 4.36. The standard InChI is InChI=1S/C31H26N2O5S/c1-4-13-37-22-9-6-19(7-10-22)27-26(28(34)20-8-12-24-21(16-20)15-18(3)38-24)29(35)30(36)33(27)31-32-23-11-5-17(2)14-25(23)39-31/h4-12,14,16,18,27,34H,1,13,15H2,2-3H3/t18-,27+/m0/s1. The number of ether oxygens (including phenoxy) is 2. The topological polar surface area (TPSA) is 89.0 Å². The first-order chi connectivity index (χ1) is 18.8. The molecule has 1 saturated heterocycles. The van der Waals surface area contributed by atoms with E-state index in [1.165, 1.54) is 16.2 Å². The molecule has 0 unspecified atom stereocenters. The van der Waals surface area contributed by atoms with E-state index < -0.39 is 17.7 Å². The van der Waals surface area contributed by atoms with Gasteiger partial charge in [-0.3, -0.25) is 14.5 Å². The number of aryl methyl sites for hydroxylation is 1. The van der Waals surface area contributed by atoms with Gasteiger partial charge in [0.2, 0.25) is 0 Å². The zero-order valence-electron chi connectivity index (χ0n) is 21.5. The first-order valence-electron chi connectivity index (χ1n) is 12.7. The van der Waals surface area contributed by atoms with Crippen LogP contribution in [0.15, 0.2) is 78.9 Å². The minimum absolute atomic E-state index is 0.0158. The molecule has 1 fully saturated rings. The molecule has 3 aromatic carbocycles. The fourth-order valence-corrected chi connectivity index (χ4v) is 6.18. The van der Waals surface area contributed by atoms with E-state index in [1.54, 1.807) is 42.5 Å². The molecule has 1 N–H and O–H groups in total. The van der Waals surface area contributed by atoms with Gasteiger partial charge >= 0.3 is 5.91 Å². The number of thiazole rings is 1. The number of rotatable bonds is 6. The Morgan fingerprint density at radius 1 is 1.18 bits per heavy atom. The largest absolute Gasteiger partial charge is 0.507 e. The summed E-state index contributed by atoms with van der Waals surface area (Å²) < 4.78 is 12.3. The van der Waals surface area contributed by atoms with Crippen LogP contribution in [-0.2, 0) is 16.0 Å². The molecule has 0 spiro atoms. The van der Waals surface area contributed by atoms with Gasteiger partial charge in [-0.2, -0.15) is 0 Å². The number of fused-ring (bicyclic) bond motifs is 2. The molecule has 1 amide bonds. The van der Waals surface area contributed by atoms with Crippen LogP contribution in [0.1, 0.15) is 35.2 Å². The quantitative estimate of drug-likeness (QED) is 0.138. The van der Waals surface area contributed by atoms with Crippen molar-refractivity contribution in [1.82, 2.24) is 4.98 Å². The van der Waals surface area contributed by atoms with Gasteiger partial charge in [-0.15, -0.1) is 0 Å². The average Bonchev–Trinajstić information content (AvgIpc) is 3.59. The van der Waals surface area contributed by atoms with Crippen LogP contribution >= 0.6 is 11.3 Å². The number of hydrogen-bond acceptors (Lipinski definition) is 7. The summed E-state index contributed by atoms with van der Waals surface area (Å²) >= 11 is 1.34. The molecule has 1 aromatic heterocycles. The molecule has 2 aliphatic rings. The van der Waals surface area contributed by atoms with Gasteiger partial charge in [-0.25, -0.2) is 4.98 Å². The summed E-state index contributed by atoms with van der Waals surface area (Å²) in [7, 11) is 0. The number of Topliss-reactive ketones (excluding diaryl/α,β-unsaturated/α-hetero) is 1. The van der Waals surface area contributed by atoms with Crippen LogP contribution in [0.4, 0.5) is 5.13 Å². The summed E-state index contributed by atoms with van der Waals surface area (Å²) in [5.74, 6) is -0.339. The van der Waals surface area contributed by atoms with E-state index in [0.29, 0.717) is 35.0 Å². The van der Waals surface area contributed by atoms with Gasteiger partial charge in [0.1, 0.15) is 30.0 Å². The lowest BCUT2D eigenvalue weighted by atomic mass is 9.94.